The van der Waals surface area contributed by atoms with E-state index in [1.54, 1.807) is 18.2 Å². The molecule has 0 saturated carbocycles. The maximum absolute atomic E-state index is 14.5. The molecule has 0 spiro atoms. The van der Waals surface area contributed by atoms with Crippen LogP contribution in [0.25, 0.3) is 33.4 Å². The predicted molar refractivity (Wildman–Crippen MR) is 222 cm³/mol. The van der Waals surface area contributed by atoms with E-state index >= 15 is 0 Å². The lowest BCUT2D eigenvalue weighted by Gasteiger charge is -2.25. The van der Waals surface area contributed by atoms with Crippen molar-refractivity contribution in [2.24, 2.45) is 0 Å². The standard InChI is InChI=1S/C48H43O5P/c49-35-29-31-42-45(33-35)53-46-34-36(50)30-32-43(46)48(42)41-26-18-17-25-40(41)44(51)27-15-4-2-1-3-5-16-28-47(52)54(37-19-9-6-10-20-37,38-21-11-7-12-22-38)39-23-13-8-14-24-39/h6-14,17-26,29-34H,1-5,15-16,27-28H2/p+1. The number of Topliss-reactive ketones (excluding diaryl/α,β-unsaturated/α-hetero) is 1. The summed E-state index contributed by atoms with van der Waals surface area (Å²) in [5, 5.41) is 14.2. The van der Waals surface area contributed by atoms with Crippen LogP contribution < -0.4 is 21.3 Å². The molecule has 0 atom stereocenters. The van der Waals surface area contributed by atoms with E-state index in [4.69, 9.17) is 4.42 Å². The van der Waals surface area contributed by atoms with Gasteiger partial charge < -0.3 is 9.52 Å². The highest BCUT2D eigenvalue weighted by atomic mass is 31.2. The first-order chi connectivity index (χ1) is 26.5. The number of unbranched alkanes of at least 4 members (excludes halogenated alkanes) is 6. The third-order valence-electron chi connectivity index (χ3n) is 10.3. The fraction of sp³-hybridized carbons (Fsp3) is 0.188. The number of fused-ring (bicyclic) bond motifs is 2. The van der Waals surface area contributed by atoms with Crippen molar-refractivity contribution in [2.75, 3.05) is 0 Å². The Morgan fingerprint density at radius 1 is 0.537 bits per heavy atom. The summed E-state index contributed by atoms with van der Waals surface area (Å²) >= 11 is 0. The molecule has 6 heteroatoms. The molecular formula is C48H44O5P+. The molecule has 1 N–H and O–H groups in total. The Labute approximate surface area is 317 Å². The van der Waals surface area contributed by atoms with Crippen LogP contribution in [0.4, 0.5) is 0 Å². The summed E-state index contributed by atoms with van der Waals surface area (Å²) < 4.78 is 6.02. The van der Waals surface area contributed by atoms with Gasteiger partial charge in [0, 0.05) is 47.1 Å². The van der Waals surface area contributed by atoms with Gasteiger partial charge in [0.05, 0.1) is 0 Å². The number of carbonyl (C=O) groups excluding carboxylic acids is 2. The van der Waals surface area contributed by atoms with Crippen LogP contribution in [0.15, 0.2) is 161 Å². The van der Waals surface area contributed by atoms with Crippen LogP contribution in [-0.4, -0.2) is 16.4 Å². The monoisotopic (exact) mass is 731 g/mol. The molecule has 0 bridgehead atoms. The quantitative estimate of drug-likeness (QED) is 0.0463. The maximum atomic E-state index is 14.5. The van der Waals surface area contributed by atoms with E-state index in [-0.39, 0.29) is 17.0 Å². The Kier molecular flexibility index (Phi) is 11.6. The number of rotatable bonds is 16. The molecule has 5 aromatic carbocycles. The first kappa shape index (κ1) is 36.7. The van der Waals surface area contributed by atoms with Crippen LogP contribution in [-0.2, 0) is 4.79 Å². The Morgan fingerprint density at radius 3 is 1.69 bits per heavy atom. The number of carbonyl (C=O) groups is 2. The van der Waals surface area contributed by atoms with Gasteiger partial charge in [0.1, 0.15) is 33.0 Å². The molecule has 0 unspecified atom stereocenters. The molecule has 1 heterocycles. The summed E-state index contributed by atoms with van der Waals surface area (Å²) in [4.78, 5) is 40.4. The Balaban J connectivity index is 0.953. The fourth-order valence-corrected chi connectivity index (χ4v) is 11.8. The number of benzene rings is 6. The first-order valence-corrected chi connectivity index (χ1v) is 20.7. The minimum absolute atomic E-state index is 0.0604. The lowest BCUT2D eigenvalue weighted by molar-refractivity contribution is -0.111. The molecule has 270 valence electrons. The van der Waals surface area contributed by atoms with Crippen LogP contribution in [0, 0.1) is 0 Å². The zero-order chi connectivity index (χ0) is 37.3. The highest BCUT2D eigenvalue weighted by molar-refractivity contribution is 8.08. The van der Waals surface area contributed by atoms with Crippen molar-refractivity contribution in [2.45, 2.75) is 57.8 Å². The molecule has 5 aromatic rings. The molecule has 0 saturated heterocycles. The number of hydrogen-bond acceptors (Lipinski definition) is 5. The summed E-state index contributed by atoms with van der Waals surface area (Å²) in [5.74, 6) is 0.546. The molecule has 0 amide bonds. The van der Waals surface area contributed by atoms with Crippen LogP contribution in [0.1, 0.15) is 68.1 Å². The van der Waals surface area contributed by atoms with E-state index in [0.717, 1.165) is 82.9 Å². The summed E-state index contributed by atoms with van der Waals surface area (Å²) in [6.45, 7) is 0. The van der Waals surface area contributed by atoms with E-state index < -0.39 is 7.26 Å². The van der Waals surface area contributed by atoms with Crippen molar-refractivity contribution in [1.29, 1.82) is 0 Å². The molecule has 5 nitrogen and oxygen atoms in total. The summed E-state index contributed by atoms with van der Waals surface area (Å²) in [6, 6.07) is 48.2. The summed E-state index contributed by atoms with van der Waals surface area (Å²) in [7, 11) is -2.50. The average molecular weight is 732 g/mol. The van der Waals surface area contributed by atoms with Crippen LogP contribution in [0.5, 0.6) is 5.75 Å². The largest absolute Gasteiger partial charge is 0.508 e. The maximum Gasteiger partial charge on any atom is 0.283 e. The number of phenols is 1. The van der Waals surface area contributed by atoms with Crippen molar-refractivity contribution >= 4 is 45.5 Å². The smallest absolute Gasteiger partial charge is 0.283 e. The van der Waals surface area contributed by atoms with Crippen molar-refractivity contribution in [3.05, 3.63) is 167 Å². The third-order valence-corrected chi connectivity index (χ3v) is 14.5. The Bertz CT molecular complexity index is 2290. The minimum atomic E-state index is -2.50. The molecule has 0 fully saturated rings. The molecule has 54 heavy (non-hydrogen) atoms. The van der Waals surface area contributed by atoms with Gasteiger partial charge in [0.25, 0.3) is 5.52 Å². The number of ketones is 1. The van der Waals surface area contributed by atoms with Crippen molar-refractivity contribution in [3.8, 4) is 28.2 Å². The Morgan fingerprint density at radius 2 is 1.07 bits per heavy atom. The average Bonchev–Trinajstić information content (AvgIpc) is 3.20. The Hall–Kier alpha value is -5.64. The second kappa shape index (κ2) is 17.0. The number of aromatic hydroxyl groups is 1. The first-order valence-electron chi connectivity index (χ1n) is 18.9. The number of hydrogen-bond donors (Lipinski definition) is 1. The van der Waals surface area contributed by atoms with Crippen LogP contribution >= 0.6 is 7.26 Å². The van der Waals surface area contributed by atoms with E-state index in [9.17, 15) is 19.5 Å². The molecule has 0 aromatic heterocycles. The highest BCUT2D eigenvalue weighted by Gasteiger charge is 2.52. The van der Waals surface area contributed by atoms with E-state index in [0.29, 0.717) is 35.3 Å². The SMILES string of the molecule is O=C(CCCCCCCCCC(=O)[P+](c1ccccc1)(c1ccccc1)c1ccccc1)c1ccccc1-c1c2ccc(=O)cc-2oc2cc(O)ccc12. The molecule has 0 radical (unpaired) electrons. The van der Waals surface area contributed by atoms with Gasteiger partial charge >= 0.3 is 0 Å². The summed E-state index contributed by atoms with van der Waals surface area (Å²) in [6.07, 6.45) is 7.73. The molecule has 1 aliphatic carbocycles. The van der Waals surface area contributed by atoms with Crippen molar-refractivity contribution in [3.63, 3.8) is 0 Å². The predicted octanol–water partition coefficient (Wildman–Crippen LogP) is 10.5. The molecule has 1 aliphatic heterocycles. The minimum Gasteiger partial charge on any atom is -0.508 e. The summed E-state index contributed by atoms with van der Waals surface area (Å²) in [5.41, 5.74) is 3.56. The van der Waals surface area contributed by atoms with E-state index in [1.165, 1.54) is 18.2 Å². The second-order valence-electron chi connectivity index (χ2n) is 13.8. The van der Waals surface area contributed by atoms with Gasteiger partial charge in [-0.3, -0.25) is 14.4 Å². The fourth-order valence-electron chi connectivity index (χ4n) is 7.68. The normalized spacial score (nSPS) is 11.6. The van der Waals surface area contributed by atoms with E-state index in [1.807, 2.05) is 78.9 Å². The molecular weight excluding hydrogens is 687 g/mol. The van der Waals surface area contributed by atoms with Gasteiger partial charge in [-0.2, -0.15) is 0 Å². The van der Waals surface area contributed by atoms with Gasteiger partial charge in [-0.15, -0.1) is 0 Å². The van der Waals surface area contributed by atoms with Gasteiger partial charge in [0.2, 0.25) is 0 Å². The zero-order valence-electron chi connectivity index (χ0n) is 30.3. The van der Waals surface area contributed by atoms with E-state index in [2.05, 4.69) is 36.4 Å². The van der Waals surface area contributed by atoms with Crippen molar-refractivity contribution in [1.82, 2.24) is 0 Å². The third kappa shape index (κ3) is 7.69. The lowest BCUT2D eigenvalue weighted by atomic mass is 9.88. The lowest BCUT2D eigenvalue weighted by Crippen LogP contribution is -2.36. The second-order valence-corrected chi connectivity index (χ2v) is 17.2. The molecule has 2 aliphatic rings. The van der Waals surface area contributed by atoms with Gasteiger partial charge in [-0.05, 0) is 79.1 Å². The number of phenolic OH excluding ortho intramolecular Hbond substituents is 1. The topological polar surface area (TPSA) is 84.6 Å². The zero-order valence-corrected chi connectivity index (χ0v) is 31.2. The van der Waals surface area contributed by atoms with Crippen molar-refractivity contribution < 1.29 is 19.1 Å². The van der Waals surface area contributed by atoms with Crippen LogP contribution in [0.3, 0.4) is 0 Å². The van der Waals surface area contributed by atoms with Gasteiger partial charge in [0.15, 0.2) is 18.5 Å². The van der Waals surface area contributed by atoms with Gasteiger partial charge in [-0.1, -0.05) is 111 Å². The highest BCUT2D eigenvalue weighted by Crippen LogP contribution is 2.57. The van der Waals surface area contributed by atoms with Gasteiger partial charge in [-0.25, -0.2) is 0 Å². The van der Waals surface area contributed by atoms with Crippen LogP contribution in [0.2, 0.25) is 0 Å². The molecule has 7 rings (SSSR count).